The minimum atomic E-state index is -0.225. The number of aromatic nitrogens is 2. The Labute approximate surface area is 178 Å². The fraction of sp³-hybridized carbons (Fsp3) is 0.409. The summed E-state index contributed by atoms with van der Waals surface area (Å²) in [7, 11) is 1.41. The van der Waals surface area contributed by atoms with Gasteiger partial charge in [-0.25, -0.2) is 9.55 Å². The van der Waals surface area contributed by atoms with Crippen molar-refractivity contribution in [1.29, 1.82) is 0 Å². The van der Waals surface area contributed by atoms with Crippen LogP contribution in [0.2, 0.25) is 0 Å². The van der Waals surface area contributed by atoms with Crippen LogP contribution < -0.4 is 10.5 Å². The molecule has 0 atom stereocenters. The Hall–Kier alpha value is -2.71. The largest absolute Gasteiger partial charge is 0.468 e. The Balaban J connectivity index is 1.56. The maximum Gasteiger partial charge on any atom is 0.319 e. The monoisotopic (exact) mass is 424 g/mol. The highest BCUT2D eigenvalue weighted by molar-refractivity contribution is 7.18. The molecule has 1 aliphatic carbocycles. The summed E-state index contributed by atoms with van der Waals surface area (Å²) in [5.41, 5.74) is 2.06. The molecule has 2 aromatic heterocycles. The molecule has 2 aliphatic rings. The van der Waals surface area contributed by atoms with Crippen LogP contribution in [-0.2, 0) is 22.4 Å². The number of benzene rings is 1. The zero-order valence-corrected chi connectivity index (χ0v) is 17.8. The average Bonchev–Trinajstić information content (AvgIpc) is 3.35. The van der Waals surface area contributed by atoms with Crippen LogP contribution in [0.3, 0.4) is 0 Å². The van der Waals surface area contributed by atoms with E-state index in [1.165, 1.54) is 17.6 Å². The van der Waals surface area contributed by atoms with Gasteiger partial charge in [0.05, 0.1) is 24.7 Å². The molecule has 7 nitrogen and oxygen atoms in total. The van der Waals surface area contributed by atoms with E-state index >= 15 is 0 Å². The number of ether oxygens (including phenoxy) is 1. The lowest BCUT2D eigenvalue weighted by Gasteiger charge is -2.35. The number of rotatable bonds is 4. The molecule has 3 heterocycles. The van der Waals surface area contributed by atoms with Crippen molar-refractivity contribution in [3.8, 4) is 5.69 Å². The Morgan fingerprint density at radius 2 is 1.90 bits per heavy atom. The molecule has 0 bridgehead atoms. The van der Waals surface area contributed by atoms with Gasteiger partial charge in [-0.15, -0.1) is 11.3 Å². The predicted octanol–water partition coefficient (Wildman–Crippen LogP) is 2.23. The Bertz CT molecular complexity index is 1150. The number of carbonyl (C=O) groups excluding carboxylic acids is 1. The molecule has 1 aliphatic heterocycles. The van der Waals surface area contributed by atoms with Crippen LogP contribution in [0, 0.1) is 0 Å². The SMILES string of the molecule is COC(=O)CN1CCN(c2nc3sc4c(c3c(=O)n2-c2ccccc2)CCC4)CC1. The molecule has 1 aromatic carbocycles. The highest BCUT2D eigenvalue weighted by Crippen LogP contribution is 2.36. The summed E-state index contributed by atoms with van der Waals surface area (Å²) in [6.07, 6.45) is 3.13. The number of methoxy groups -OCH3 is 1. The molecule has 156 valence electrons. The topological polar surface area (TPSA) is 67.7 Å². The number of hydrogen-bond donors (Lipinski definition) is 0. The van der Waals surface area contributed by atoms with E-state index in [4.69, 9.17) is 9.72 Å². The lowest BCUT2D eigenvalue weighted by Crippen LogP contribution is -2.49. The van der Waals surface area contributed by atoms with E-state index in [1.807, 2.05) is 30.3 Å². The Morgan fingerprint density at radius 3 is 2.63 bits per heavy atom. The molecule has 0 radical (unpaired) electrons. The maximum absolute atomic E-state index is 13.7. The second kappa shape index (κ2) is 7.85. The van der Waals surface area contributed by atoms with Crippen LogP contribution in [0.25, 0.3) is 15.9 Å². The molecule has 0 unspecified atom stereocenters. The van der Waals surface area contributed by atoms with Crippen LogP contribution in [0.15, 0.2) is 35.1 Å². The summed E-state index contributed by atoms with van der Waals surface area (Å²) in [5.74, 6) is 0.466. The summed E-state index contributed by atoms with van der Waals surface area (Å²) in [4.78, 5) is 36.7. The van der Waals surface area contributed by atoms with Crippen molar-refractivity contribution >= 4 is 33.5 Å². The van der Waals surface area contributed by atoms with Gasteiger partial charge in [0.15, 0.2) is 0 Å². The quantitative estimate of drug-likeness (QED) is 0.599. The molecule has 5 rings (SSSR count). The summed E-state index contributed by atoms with van der Waals surface area (Å²) in [6, 6.07) is 9.76. The third-order valence-corrected chi connectivity index (χ3v) is 7.16. The van der Waals surface area contributed by atoms with Crippen molar-refractivity contribution in [3.63, 3.8) is 0 Å². The first-order chi connectivity index (χ1) is 14.7. The second-order valence-corrected chi connectivity index (χ2v) is 8.85. The number of fused-ring (bicyclic) bond motifs is 3. The van der Waals surface area contributed by atoms with Gasteiger partial charge in [0.1, 0.15) is 4.83 Å². The van der Waals surface area contributed by atoms with Gasteiger partial charge in [-0.1, -0.05) is 18.2 Å². The average molecular weight is 425 g/mol. The zero-order valence-electron chi connectivity index (χ0n) is 17.0. The number of thiophene rings is 1. The van der Waals surface area contributed by atoms with Crippen molar-refractivity contribution in [2.75, 3.05) is 44.7 Å². The fourth-order valence-electron chi connectivity index (χ4n) is 4.41. The minimum Gasteiger partial charge on any atom is -0.468 e. The Morgan fingerprint density at radius 1 is 1.13 bits per heavy atom. The van der Waals surface area contributed by atoms with E-state index in [1.54, 1.807) is 15.9 Å². The van der Waals surface area contributed by atoms with Gasteiger partial charge in [-0.3, -0.25) is 14.5 Å². The molecular formula is C22H24N4O3S. The molecule has 30 heavy (non-hydrogen) atoms. The summed E-state index contributed by atoms with van der Waals surface area (Å²) in [6.45, 7) is 3.14. The molecule has 0 amide bonds. The van der Waals surface area contributed by atoms with Gasteiger partial charge in [0.2, 0.25) is 5.95 Å². The fourth-order valence-corrected chi connectivity index (χ4v) is 5.65. The van der Waals surface area contributed by atoms with Crippen LogP contribution in [0.5, 0.6) is 0 Å². The number of para-hydroxylation sites is 1. The highest BCUT2D eigenvalue weighted by atomic mass is 32.1. The maximum atomic E-state index is 13.7. The van der Waals surface area contributed by atoms with Gasteiger partial charge < -0.3 is 9.64 Å². The first kappa shape index (κ1) is 19.3. The molecular weight excluding hydrogens is 400 g/mol. The van der Waals surface area contributed by atoms with Gasteiger partial charge in [0, 0.05) is 31.1 Å². The summed E-state index contributed by atoms with van der Waals surface area (Å²) in [5, 5.41) is 0.796. The van der Waals surface area contributed by atoms with E-state index in [0.717, 1.165) is 48.3 Å². The van der Waals surface area contributed by atoms with Crippen LogP contribution >= 0.6 is 11.3 Å². The molecule has 3 aromatic rings. The first-order valence-corrected chi connectivity index (χ1v) is 11.1. The van der Waals surface area contributed by atoms with Crippen molar-refractivity contribution in [2.24, 2.45) is 0 Å². The number of piperazine rings is 1. The van der Waals surface area contributed by atoms with Crippen LogP contribution in [-0.4, -0.2) is 60.3 Å². The molecule has 1 saturated heterocycles. The van der Waals surface area contributed by atoms with Crippen LogP contribution in [0.4, 0.5) is 5.95 Å². The van der Waals surface area contributed by atoms with Crippen molar-refractivity contribution < 1.29 is 9.53 Å². The lowest BCUT2D eigenvalue weighted by atomic mass is 10.2. The summed E-state index contributed by atoms with van der Waals surface area (Å²) < 4.78 is 6.55. The number of esters is 1. The molecule has 1 fully saturated rings. The molecule has 0 spiro atoms. The van der Waals surface area contributed by atoms with Crippen molar-refractivity contribution in [3.05, 3.63) is 51.1 Å². The van der Waals surface area contributed by atoms with E-state index in [9.17, 15) is 9.59 Å². The van der Waals surface area contributed by atoms with Gasteiger partial charge in [-0.2, -0.15) is 0 Å². The van der Waals surface area contributed by atoms with Gasteiger partial charge in [-0.05, 0) is 37.0 Å². The normalized spacial score (nSPS) is 16.8. The minimum absolute atomic E-state index is 0.0255. The number of carbonyl (C=O) groups is 1. The number of nitrogens with zero attached hydrogens (tertiary/aromatic N) is 4. The second-order valence-electron chi connectivity index (χ2n) is 7.76. The lowest BCUT2D eigenvalue weighted by molar-refractivity contribution is -0.142. The van der Waals surface area contributed by atoms with Gasteiger partial charge >= 0.3 is 5.97 Å². The zero-order chi connectivity index (χ0) is 20.7. The van der Waals surface area contributed by atoms with E-state index < -0.39 is 0 Å². The van der Waals surface area contributed by atoms with Gasteiger partial charge in [0.25, 0.3) is 5.56 Å². The van der Waals surface area contributed by atoms with E-state index in [2.05, 4.69) is 9.80 Å². The molecule has 8 heteroatoms. The smallest absolute Gasteiger partial charge is 0.319 e. The van der Waals surface area contributed by atoms with E-state index in [-0.39, 0.29) is 11.5 Å². The molecule has 0 saturated carbocycles. The highest BCUT2D eigenvalue weighted by Gasteiger charge is 2.27. The predicted molar refractivity (Wildman–Crippen MR) is 118 cm³/mol. The third-order valence-electron chi connectivity index (χ3n) is 5.97. The third kappa shape index (κ3) is 3.30. The summed E-state index contributed by atoms with van der Waals surface area (Å²) >= 11 is 1.67. The molecule has 0 N–H and O–H groups in total. The van der Waals surface area contributed by atoms with Crippen LogP contribution in [0.1, 0.15) is 16.9 Å². The standard InChI is InChI=1S/C22H24N4O3S/c1-29-18(27)14-24-10-12-25(13-11-24)22-23-20-19(16-8-5-9-17(16)30-20)21(28)26(22)15-6-3-2-4-7-15/h2-4,6-7H,5,8-14H2,1H3. The Kier molecular flexibility index (Phi) is 5.04. The van der Waals surface area contributed by atoms with Crippen molar-refractivity contribution in [2.45, 2.75) is 19.3 Å². The van der Waals surface area contributed by atoms with Crippen molar-refractivity contribution in [1.82, 2.24) is 14.5 Å². The number of anilines is 1. The van der Waals surface area contributed by atoms with E-state index in [0.29, 0.717) is 25.6 Å². The number of hydrogen-bond acceptors (Lipinski definition) is 7. The first-order valence-electron chi connectivity index (χ1n) is 10.3. The number of aryl methyl sites for hydroxylation is 2.